The fraction of sp³-hybridized carbons (Fsp3) is 0.562. The van der Waals surface area contributed by atoms with Crippen LogP contribution in [0.4, 0.5) is 11.4 Å². The highest BCUT2D eigenvalue weighted by atomic mass is 16.6. The molecule has 0 saturated carbocycles. The molecule has 1 aliphatic rings. The molecular formula is C16H24N4O3. The normalized spacial score (nSPS) is 20.0. The van der Waals surface area contributed by atoms with Gasteiger partial charge in [-0.05, 0) is 46.3 Å². The minimum Gasteiger partial charge on any atom is -0.324 e. The van der Waals surface area contributed by atoms with Crippen LogP contribution in [0.15, 0.2) is 18.2 Å². The molecule has 126 valence electrons. The van der Waals surface area contributed by atoms with Gasteiger partial charge in [0.15, 0.2) is 0 Å². The van der Waals surface area contributed by atoms with Gasteiger partial charge in [-0.3, -0.25) is 19.8 Å². The van der Waals surface area contributed by atoms with Crippen molar-refractivity contribution in [1.82, 2.24) is 10.2 Å². The van der Waals surface area contributed by atoms with E-state index in [1.54, 1.807) is 19.1 Å². The van der Waals surface area contributed by atoms with E-state index in [9.17, 15) is 14.9 Å². The van der Waals surface area contributed by atoms with E-state index in [1.165, 1.54) is 6.07 Å². The Morgan fingerprint density at radius 3 is 2.87 bits per heavy atom. The van der Waals surface area contributed by atoms with Crippen molar-refractivity contribution in [3.8, 4) is 0 Å². The van der Waals surface area contributed by atoms with E-state index in [1.807, 2.05) is 14.0 Å². The first-order chi connectivity index (χ1) is 10.9. The van der Waals surface area contributed by atoms with Gasteiger partial charge in [0.25, 0.3) is 5.69 Å². The molecule has 0 aromatic heterocycles. The average molecular weight is 320 g/mol. The summed E-state index contributed by atoms with van der Waals surface area (Å²) in [6.45, 7) is 5.25. The summed E-state index contributed by atoms with van der Waals surface area (Å²) in [6.07, 6.45) is 2.17. The highest BCUT2D eigenvalue weighted by Crippen LogP contribution is 2.25. The SMILES string of the molecule is CNC1CCCN(C(C)C(=O)Nc2cccc([N+](=O)[O-])c2C)C1. The van der Waals surface area contributed by atoms with Gasteiger partial charge in [-0.1, -0.05) is 6.07 Å². The Morgan fingerprint density at radius 1 is 1.48 bits per heavy atom. The van der Waals surface area contributed by atoms with Gasteiger partial charge in [-0.2, -0.15) is 0 Å². The average Bonchev–Trinajstić information content (AvgIpc) is 2.55. The van der Waals surface area contributed by atoms with Crippen molar-refractivity contribution in [3.05, 3.63) is 33.9 Å². The van der Waals surface area contributed by atoms with E-state index in [0.29, 0.717) is 17.3 Å². The Kier molecular flexibility index (Phi) is 5.68. The maximum Gasteiger partial charge on any atom is 0.274 e. The maximum absolute atomic E-state index is 12.5. The van der Waals surface area contributed by atoms with Crippen molar-refractivity contribution in [2.24, 2.45) is 0 Å². The number of nitro benzene ring substituents is 1. The van der Waals surface area contributed by atoms with Crippen molar-refractivity contribution in [2.75, 3.05) is 25.5 Å². The standard InChI is InChI=1S/C16H24N4O3/c1-11-14(7-4-8-15(11)20(22)23)18-16(21)12(2)19-9-5-6-13(10-19)17-3/h4,7-8,12-13,17H,5-6,9-10H2,1-3H3,(H,18,21). The number of nitrogens with one attached hydrogen (secondary N) is 2. The quantitative estimate of drug-likeness (QED) is 0.639. The lowest BCUT2D eigenvalue weighted by atomic mass is 10.0. The molecule has 2 atom stereocenters. The molecule has 7 nitrogen and oxygen atoms in total. The molecule has 0 spiro atoms. The monoisotopic (exact) mass is 320 g/mol. The van der Waals surface area contributed by atoms with E-state index >= 15 is 0 Å². The summed E-state index contributed by atoms with van der Waals surface area (Å²) < 4.78 is 0. The van der Waals surface area contributed by atoms with Crippen LogP contribution in [0.2, 0.25) is 0 Å². The van der Waals surface area contributed by atoms with Crippen LogP contribution in [0.25, 0.3) is 0 Å². The van der Waals surface area contributed by atoms with E-state index in [4.69, 9.17) is 0 Å². The number of carbonyl (C=O) groups excluding carboxylic acids is 1. The summed E-state index contributed by atoms with van der Waals surface area (Å²) in [5.74, 6) is -0.134. The summed E-state index contributed by atoms with van der Waals surface area (Å²) in [7, 11) is 1.94. The molecule has 1 aliphatic heterocycles. The van der Waals surface area contributed by atoms with Crippen molar-refractivity contribution in [1.29, 1.82) is 0 Å². The fourth-order valence-electron chi connectivity index (χ4n) is 2.95. The van der Waals surface area contributed by atoms with Gasteiger partial charge in [0.05, 0.1) is 22.2 Å². The third-order valence-corrected chi connectivity index (χ3v) is 4.55. The number of benzene rings is 1. The number of piperidine rings is 1. The van der Waals surface area contributed by atoms with Crippen LogP contribution >= 0.6 is 0 Å². The molecule has 1 fully saturated rings. The van der Waals surface area contributed by atoms with Crippen molar-refractivity contribution in [3.63, 3.8) is 0 Å². The van der Waals surface area contributed by atoms with Crippen LogP contribution < -0.4 is 10.6 Å². The van der Waals surface area contributed by atoms with Gasteiger partial charge in [0.2, 0.25) is 5.91 Å². The smallest absolute Gasteiger partial charge is 0.274 e. The first kappa shape index (κ1) is 17.4. The third-order valence-electron chi connectivity index (χ3n) is 4.55. The van der Waals surface area contributed by atoms with Crippen LogP contribution in [0, 0.1) is 17.0 Å². The second kappa shape index (κ2) is 7.52. The number of likely N-dealkylation sites (N-methyl/N-ethyl adjacent to an activating group) is 1. The van der Waals surface area contributed by atoms with Crippen molar-refractivity contribution in [2.45, 2.75) is 38.8 Å². The largest absolute Gasteiger partial charge is 0.324 e. The molecule has 1 heterocycles. The Morgan fingerprint density at radius 2 is 2.22 bits per heavy atom. The zero-order valence-corrected chi connectivity index (χ0v) is 13.8. The second-order valence-corrected chi connectivity index (χ2v) is 5.99. The molecule has 0 aliphatic carbocycles. The first-order valence-corrected chi connectivity index (χ1v) is 7.90. The lowest BCUT2D eigenvalue weighted by Crippen LogP contribution is -2.51. The first-order valence-electron chi connectivity index (χ1n) is 7.90. The molecular weight excluding hydrogens is 296 g/mol. The Bertz CT molecular complexity index is 591. The molecule has 7 heteroatoms. The molecule has 0 radical (unpaired) electrons. The predicted octanol–water partition coefficient (Wildman–Crippen LogP) is 1.91. The number of anilines is 1. The zero-order chi connectivity index (χ0) is 17.0. The fourth-order valence-corrected chi connectivity index (χ4v) is 2.95. The number of hydrogen-bond donors (Lipinski definition) is 2. The summed E-state index contributed by atoms with van der Waals surface area (Å²) in [4.78, 5) is 25.2. The molecule has 1 aromatic carbocycles. The lowest BCUT2D eigenvalue weighted by Gasteiger charge is -2.36. The summed E-state index contributed by atoms with van der Waals surface area (Å²) in [5.41, 5.74) is 0.992. The molecule has 1 amide bonds. The molecule has 2 unspecified atom stereocenters. The molecule has 23 heavy (non-hydrogen) atoms. The number of likely N-dealkylation sites (tertiary alicyclic amines) is 1. The van der Waals surface area contributed by atoms with E-state index in [2.05, 4.69) is 15.5 Å². The van der Waals surface area contributed by atoms with Gasteiger partial charge < -0.3 is 10.6 Å². The summed E-state index contributed by atoms with van der Waals surface area (Å²) >= 11 is 0. The molecule has 1 saturated heterocycles. The van der Waals surface area contributed by atoms with Gasteiger partial charge in [-0.25, -0.2) is 0 Å². The molecule has 1 aromatic rings. The van der Waals surface area contributed by atoms with E-state index < -0.39 is 4.92 Å². The number of nitrogens with zero attached hydrogens (tertiary/aromatic N) is 2. The highest BCUT2D eigenvalue weighted by molar-refractivity contribution is 5.95. The zero-order valence-electron chi connectivity index (χ0n) is 13.8. The highest BCUT2D eigenvalue weighted by Gasteiger charge is 2.27. The lowest BCUT2D eigenvalue weighted by molar-refractivity contribution is -0.385. The van der Waals surface area contributed by atoms with Crippen molar-refractivity contribution < 1.29 is 9.72 Å². The van der Waals surface area contributed by atoms with Crippen LogP contribution in [0.1, 0.15) is 25.3 Å². The van der Waals surface area contributed by atoms with Crippen molar-refractivity contribution >= 4 is 17.3 Å². The maximum atomic E-state index is 12.5. The van der Waals surface area contributed by atoms with Crippen LogP contribution in [-0.2, 0) is 4.79 Å². The number of nitro groups is 1. The Hall–Kier alpha value is -1.99. The molecule has 2 N–H and O–H groups in total. The Labute approximate surface area is 136 Å². The number of rotatable bonds is 5. The van der Waals surface area contributed by atoms with Crippen LogP contribution in [0.3, 0.4) is 0 Å². The summed E-state index contributed by atoms with van der Waals surface area (Å²) in [6, 6.07) is 4.85. The van der Waals surface area contributed by atoms with E-state index in [0.717, 1.165) is 25.9 Å². The van der Waals surface area contributed by atoms with Gasteiger partial charge in [0, 0.05) is 18.7 Å². The minimum absolute atomic E-state index is 0.0173. The van der Waals surface area contributed by atoms with Gasteiger partial charge in [0.1, 0.15) is 0 Å². The molecule has 2 rings (SSSR count). The van der Waals surface area contributed by atoms with Crippen LogP contribution in [-0.4, -0.2) is 48.0 Å². The number of amides is 1. The predicted molar refractivity (Wildman–Crippen MR) is 89.6 cm³/mol. The number of hydrogen-bond acceptors (Lipinski definition) is 5. The van der Waals surface area contributed by atoms with Crippen LogP contribution in [0.5, 0.6) is 0 Å². The van der Waals surface area contributed by atoms with Gasteiger partial charge in [-0.15, -0.1) is 0 Å². The summed E-state index contributed by atoms with van der Waals surface area (Å²) in [5, 5.41) is 17.1. The minimum atomic E-state index is -0.434. The Balaban J connectivity index is 2.07. The topological polar surface area (TPSA) is 87.5 Å². The molecule has 0 bridgehead atoms. The number of carbonyl (C=O) groups is 1. The van der Waals surface area contributed by atoms with E-state index in [-0.39, 0.29) is 17.6 Å². The second-order valence-electron chi connectivity index (χ2n) is 5.99. The van der Waals surface area contributed by atoms with Gasteiger partial charge >= 0.3 is 0 Å². The third kappa shape index (κ3) is 4.05.